The topological polar surface area (TPSA) is 87.7 Å². The minimum atomic E-state index is -0.640. The molecule has 1 heterocycles. The maximum atomic E-state index is 12.2. The number of unbranched alkanes of at least 4 members (excludes halogenated alkanes) is 4. The molecule has 0 spiro atoms. The number of hydrogen-bond donors (Lipinski definition) is 2. The van der Waals surface area contributed by atoms with Crippen molar-refractivity contribution in [3.8, 4) is 0 Å². The van der Waals surface area contributed by atoms with Crippen molar-refractivity contribution in [1.82, 2.24) is 15.5 Å². The Morgan fingerprint density at radius 1 is 1.27 bits per heavy atom. The summed E-state index contributed by atoms with van der Waals surface area (Å²) in [5, 5.41) is 5.66. The first-order valence-electron chi connectivity index (χ1n) is 9.88. The Morgan fingerprint density at radius 3 is 2.69 bits per heavy atom. The van der Waals surface area contributed by atoms with E-state index in [1.807, 2.05) is 13.8 Å². The Balaban J connectivity index is 2.39. The molecule has 7 nitrogen and oxygen atoms in total. The molecule has 0 radical (unpaired) electrons. The van der Waals surface area contributed by atoms with Crippen LogP contribution in [0.5, 0.6) is 0 Å². The van der Waals surface area contributed by atoms with Crippen molar-refractivity contribution in [2.45, 2.75) is 65.3 Å². The van der Waals surface area contributed by atoms with Crippen LogP contribution < -0.4 is 10.6 Å². The van der Waals surface area contributed by atoms with Crippen LogP contribution in [0.15, 0.2) is 0 Å². The summed E-state index contributed by atoms with van der Waals surface area (Å²) in [5.74, 6) is -0.471. The highest BCUT2D eigenvalue weighted by Crippen LogP contribution is 2.10. The normalized spacial score (nSPS) is 17.8. The molecule has 0 saturated carbocycles. The summed E-state index contributed by atoms with van der Waals surface area (Å²) < 4.78 is 5.17. The summed E-state index contributed by atoms with van der Waals surface area (Å²) in [6, 6.07) is -0.640. The van der Waals surface area contributed by atoms with Crippen molar-refractivity contribution in [1.29, 1.82) is 0 Å². The van der Waals surface area contributed by atoms with Crippen LogP contribution in [0.2, 0.25) is 0 Å². The third-order valence-corrected chi connectivity index (χ3v) is 4.33. The molecule has 1 rings (SSSR count). The van der Waals surface area contributed by atoms with E-state index in [2.05, 4.69) is 17.6 Å². The van der Waals surface area contributed by atoms with Gasteiger partial charge in [0.1, 0.15) is 6.04 Å². The molecule has 0 aliphatic carbocycles. The molecule has 150 valence electrons. The second-order valence-electron chi connectivity index (χ2n) is 7.32. The summed E-state index contributed by atoms with van der Waals surface area (Å²) in [6.07, 6.45) is 5.68. The summed E-state index contributed by atoms with van der Waals surface area (Å²) in [5.41, 5.74) is 0. The van der Waals surface area contributed by atoms with Crippen molar-refractivity contribution in [2.75, 3.05) is 32.8 Å². The predicted octanol–water partition coefficient (Wildman–Crippen LogP) is 1.46. The van der Waals surface area contributed by atoms with Crippen molar-refractivity contribution in [3.63, 3.8) is 0 Å². The van der Waals surface area contributed by atoms with Gasteiger partial charge >= 0.3 is 5.97 Å². The molecule has 0 aromatic rings. The highest BCUT2D eigenvalue weighted by molar-refractivity contribution is 5.88. The zero-order chi connectivity index (χ0) is 19.4. The van der Waals surface area contributed by atoms with Crippen molar-refractivity contribution < 1.29 is 19.1 Å². The molecule has 1 unspecified atom stereocenters. The number of nitrogens with zero attached hydrogens (tertiary/aromatic N) is 1. The Labute approximate surface area is 157 Å². The van der Waals surface area contributed by atoms with Crippen LogP contribution in [0.4, 0.5) is 0 Å². The molecule has 2 amide bonds. The van der Waals surface area contributed by atoms with E-state index in [0.717, 1.165) is 12.8 Å². The van der Waals surface area contributed by atoms with Crippen LogP contribution in [0, 0.1) is 5.92 Å². The van der Waals surface area contributed by atoms with Crippen LogP contribution in [0.3, 0.4) is 0 Å². The number of carbonyl (C=O) groups is 3. The average molecular weight is 370 g/mol. The van der Waals surface area contributed by atoms with Crippen molar-refractivity contribution in [3.05, 3.63) is 0 Å². The van der Waals surface area contributed by atoms with Gasteiger partial charge in [0.25, 0.3) is 0 Å². The lowest BCUT2D eigenvalue weighted by molar-refractivity contribution is -0.150. The number of ether oxygens (including phenoxy) is 1. The fraction of sp³-hybridized carbons (Fsp3) is 0.842. The van der Waals surface area contributed by atoms with Gasteiger partial charge in [-0.05, 0) is 12.3 Å². The summed E-state index contributed by atoms with van der Waals surface area (Å²) in [7, 11) is 0. The first-order valence-corrected chi connectivity index (χ1v) is 9.88. The lowest BCUT2D eigenvalue weighted by Crippen LogP contribution is -2.58. The van der Waals surface area contributed by atoms with Crippen LogP contribution in [0.1, 0.15) is 59.3 Å². The number of esters is 1. The van der Waals surface area contributed by atoms with Gasteiger partial charge in [0, 0.05) is 19.6 Å². The largest absolute Gasteiger partial charge is 0.465 e. The fourth-order valence-corrected chi connectivity index (χ4v) is 2.85. The fourth-order valence-electron chi connectivity index (χ4n) is 2.85. The second kappa shape index (κ2) is 12.7. The summed E-state index contributed by atoms with van der Waals surface area (Å²) >= 11 is 0. The Morgan fingerprint density at radius 2 is 2.00 bits per heavy atom. The van der Waals surface area contributed by atoms with Crippen molar-refractivity contribution in [2.24, 2.45) is 5.92 Å². The molecule has 1 atom stereocenters. The van der Waals surface area contributed by atoms with Crippen LogP contribution in [0.25, 0.3) is 0 Å². The molecule has 1 aliphatic heterocycles. The molecule has 7 heteroatoms. The quantitative estimate of drug-likeness (QED) is 0.402. The minimum Gasteiger partial charge on any atom is -0.465 e. The zero-order valence-electron chi connectivity index (χ0n) is 16.5. The maximum Gasteiger partial charge on any atom is 0.307 e. The third-order valence-electron chi connectivity index (χ3n) is 4.33. The number of amides is 2. The molecule has 26 heavy (non-hydrogen) atoms. The van der Waals surface area contributed by atoms with E-state index in [4.69, 9.17) is 4.74 Å². The van der Waals surface area contributed by atoms with Gasteiger partial charge in [0.15, 0.2) is 0 Å². The molecule has 1 saturated heterocycles. The molecule has 1 aliphatic rings. The van der Waals surface area contributed by atoms with Gasteiger partial charge in [-0.15, -0.1) is 0 Å². The molecular weight excluding hydrogens is 334 g/mol. The van der Waals surface area contributed by atoms with Crippen LogP contribution >= 0.6 is 0 Å². The monoisotopic (exact) mass is 369 g/mol. The zero-order valence-corrected chi connectivity index (χ0v) is 16.5. The van der Waals surface area contributed by atoms with Gasteiger partial charge < -0.3 is 15.4 Å². The van der Waals surface area contributed by atoms with E-state index in [1.165, 1.54) is 19.3 Å². The number of rotatable bonds is 12. The molecule has 0 aromatic carbocycles. The number of hydrogen-bond acceptors (Lipinski definition) is 5. The van der Waals surface area contributed by atoms with E-state index in [9.17, 15) is 14.4 Å². The van der Waals surface area contributed by atoms with Crippen LogP contribution in [-0.2, 0) is 19.1 Å². The maximum absolute atomic E-state index is 12.2. The summed E-state index contributed by atoms with van der Waals surface area (Å²) in [4.78, 5) is 38.0. The number of piperazine rings is 1. The average Bonchev–Trinajstić information content (AvgIpc) is 2.59. The molecule has 2 N–H and O–H groups in total. The highest BCUT2D eigenvalue weighted by Gasteiger charge is 2.33. The van der Waals surface area contributed by atoms with Crippen LogP contribution in [-0.4, -0.2) is 61.5 Å². The van der Waals surface area contributed by atoms with E-state index in [0.29, 0.717) is 26.2 Å². The van der Waals surface area contributed by atoms with Gasteiger partial charge in [0.05, 0.1) is 19.6 Å². The number of carbonyl (C=O) groups excluding carboxylic acids is 3. The lowest BCUT2D eigenvalue weighted by atomic mass is 10.1. The van der Waals surface area contributed by atoms with Gasteiger partial charge in [-0.25, -0.2) is 0 Å². The smallest absolute Gasteiger partial charge is 0.307 e. The van der Waals surface area contributed by atoms with E-state index < -0.39 is 12.0 Å². The van der Waals surface area contributed by atoms with E-state index in [1.54, 1.807) is 4.90 Å². The van der Waals surface area contributed by atoms with E-state index in [-0.39, 0.29) is 30.7 Å². The van der Waals surface area contributed by atoms with E-state index >= 15 is 0 Å². The molecule has 0 aromatic heterocycles. The molecule has 0 bridgehead atoms. The van der Waals surface area contributed by atoms with Gasteiger partial charge in [-0.3, -0.25) is 19.3 Å². The minimum absolute atomic E-state index is 0.0249. The Bertz CT molecular complexity index is 454. The van der Waals surface area contributed by atoms with Gasteiger partial charge in [-0.2, -0.15) is 0 Å². The Hall–Kier alpha value is -1.63. The highest BCUT2D eigenvalue weighted by atomic mass is 16.5. The molecule has 1 fully saturated rings. The lowest BCUT2D eigenvalue weighted by Gasteiger charge is -2.33. The second-order valence-corrected chi connectivity index (χ2v) is 7.32. The van der Waals surface area contributed by atoms with Gasteiger partial charge in [-0.1, -0.05) is 46.5 Å². The first kappa shape index (κ1) is 22.4. The first-order chi connectivity index (χ1) is 12.4. The predicted molar refractivity (Wildman–Crippen MR) is 101 cm³/mol. The summed E-state index contributed by atoms with van der Waals surface area (Å²) in [6.45, 7) is 8.25. The SMILES string of the molecule is CCCCCCCNC(=O)CN1CCNC(=O)C1CC(=O)OCC(C)C. The molecular formula is C19H35N3O4. The Kier molecular flexibility index (Phi) is 10.9. The third kappa shape index (κ3) is 9.17. The number of nitrogens with one attached hydrogen (secondary N) is 2. The van der Waals surface area contributed by atoms with Gasteiger partial charge in [0.2, 0.25) is 11.8 Å². The van der Waals surface area contributed by atoms with Crippen molar-refractivity contribution >= 4 is 17.8 Å². The standard InChI is InChI=1S/C19H35N3O4/c1-4-5-6-7-8-9-20-17(23)13-22-11-10-21-19(25)16(22)12-18(24)26-14-15(2)3/h15-16H,4-14H2,1-3H3,(H,20,23)(H,21,25).